The van der Waals surface area contributed by atoms with Gasteiger partial charge in [-0.05, 0) is 42.0 Å². The van der Waals surface area contributed by atoms with Gasteiger partial charge < -0.3 is 4.74 Å². The van der Waals surface area contributed by atoms with Gasteiger partial charge in [0.15, 0.2) is 17.3 Å². The summed E-state index contributed by atoms with van der Waals surface area (Å²) in [4.78, 5) is 11.6. The predicted molar refractivity (Wildman–Crippen MR) is 80.4 cm³/mol. The van der Waals surface area contributed by atoms with Crippen molar-refractivity contribution in [2.75, 3.05) is 0 Å². The number of ether oxygens (including phenoxy) is 1. The zero-order valence-electron chi connectivity index (χ0n) is 11.5. The monoisotopic (exact) mass is 280 g/mol. The summed E-state index contributed by atoms with van der Waals surface area (Å²) >= 11 is 0. The number of halogens is 1. The van der Waals surface area contributed by atoms with E-state index >= 15 is 0 Å². The lowest BCUT2D eigenvalue weighted by Crippen LogP contribution is -1.99. The van der Waals surface area contributed by atoms with Gasteiger partial charge in [0.1, 0.15) is 5.75 Å². The van der Waals surface area contributed by atoms with Crippen LogP contribution < -0.4 is 4.74 Å². The van der Waals surface area contributed by atoms with Crippen molar-refractivity contribution in [3.8, 4) is 11.5 Å². The van der Waals surface area contributed by atoms with E-state index in [-0.39, 0.29) is 17.1 Å². The molecule has 3 aromatic rings. The number of para-hydroxylation sites is 1. The molecule has 0 atom stereocenters. The highest BCUT2D eigenvalue weighted by Gasteiger charge is 2.14. The fraction of sp³-hybridized carbons (Fsp3) is 0.0556. The Morgan fingerprint density at radius 2 is 1.71 bits per heavy atom. The Morgan fingerprint density at radius 3 is 2.48 bits per heavy atom. The summed E-state index contributed by atoms with van der Waals surface area (Å²) in [5, 5.41) is 2.07. The minimum absolute atomic E-state index is 0.0275. The second-order valence-corrected chi connectivity index (χ2v) is 4.78. The molecule has 104 valence electrons. The Morgan fingerprint density at radius 1 is 0.952 bits per heavy atom. The van der Waals surface area contributed by atoms with Gasteiger partial charge in [-0.15, -0.1) is 0 Å². The van der Waals surface area contributed by atoms with Crippen LogP contribution in [0, 0.1) is 5.82 Å². The number of ketones is 1. The summed E-state index contributed by atoms with van der Waals surface area (Å²) in [5.41, 5.74) is 0.239. The summed E-state index contributed by atoms with van der Waals surface area (Å²) in [5.74, 6) is -0.303. The maximum Gasteiger partial charge on any atom is 0.173 e. The molecule has 3 aromatic carbocycles. The van der Waals surface area contributed by atoms with Crippen LogP contribution in [0.4, 0.5) is 4.39 Å². The fourth-order valence-electron chi connectivity index (χ4n) is 2.24. The molecule has 3 rings (SSSR count). The Bertz CT molecular complexity index is 824. The Balaban J connectivity index is 2.04. The van der Waals surface area contributed by atoms with E-state index in [2.05, 4.69) is 0 Å². The standard InChI is InChI=1S/C18H13FO2/c1-12(20)16-7-4-8-17(19)18(16)21-15-10-9-13-5-2-3-6-14(13)11-15/h2-11H,1H3. The molecule has 0 aliphatic rings. The Hall–Kier alpha value is -2.68. The molecule has 0 fully saturated rings. The maximum atomic E-state index is 13.9. The molecule has 0 aliphatic heterocycles. The third-order valence-electron chi connectivity index (χ3n) is 3.29. The van der Waals surface area contributed by atoms with Crippen LogP contribution in [-0.2, 0) is 0 Å². The summed E-state index contributed by atoms with van der Waals surface area (Å²) in [6.45, 7) is 1.39. The van der Waals surface area contributed by atoms with Crippen LogP contribution in [0.1, 0.15) is 17.3 Å². The van der Waals surface area contributed by atoms with Crippen LogP contribution in [0.15, 0.2) is 60.7 Å². The van der Waals surface area contributed by atoms with Crippen LogP contribution in [-0.4, -0.2) is 5.78 Å². The normalized spacial score (nSPS) is 10.6. The lowest BCUT2D eigenvalue weighted by molar-refractivity contribution is 0.101. The number of carbonyl (C=O) groups excluding carboxylic acids is 1. The molecule has 0 N–H and O–H groups in total. The fourth-order valence-corrected chi connectivity index (χ4v) is 2.24. The highest BCUT2D eigenvalue weighted by molar-refractivity contribution is 5.97. The molecular formula is C18H13FO2. The topological polar surface area (TPSA) is 26.3 Å². The minimum atomic E-state index is -0.546. The lowest BCUT2D eigenvalue weighted by Gasteiger charge is -2.11. The largest absolute Gasteiger partial charge is 0.453 e. The quantitative estimate of drug-likeness (QED) is 0.633. The molecule has 0 spiro atoms. The molecule has 0 heterocycles. The molecule has 0 aromatic heterocycles. The summed E-state index contributed by atoms with van der Waals surface area (Å²) in [7, 11) is 0. The molecule has 0 radical (unpaired) electrons. The first kappa shape index (κ1) is 13.3. The van der Waals surface area contributed by atoms with E-state index in [1.807, 2.05) is 36.4 Å². The lowest BCUT2D eigenvalue weighted by atomic mass is 10.1. The van der Waals surface area contributed by atoms with Crippen LogP contribution in [0.25, 0.3) is 10.8 Å². The Labute approximate surface area is 121 Å². The van der Waals surface area contributed by atoms with Crippen LogP contribution >= 0.6 is 0 Å². The Kier molecular flexibility index (Phi) is 3.40. The van der Waals surface area contributed by atoms with Gasteiger partial charge in [0, 0.05) is 0 Å². The summed E-state index contributed by atoms with van der Waals surface area (Å²) in [6, 6.07) is 17.6. The van der Waals surface area contributed by atoms with Crippen molar-refractivity contribution < 1.29 is 13.9 Å². The highest BCUT2D eigenvalue weighted by Crippen LogP contribution is 2.30. The van der Waals surface area contributed by atoms with Crippen LogP contribution in [0.3, 0.4) is 0 Å². The van der Waals surface area contributed by atoms with Gasteiger partial charge in [-0.3, -0.25) is 4.79 Å². The van der Waals surface area contributed by atoms with Crippen molar-refractivity contribution in [2.45, 2.75) is 6.92 Å². The number of hydrogen-bond donors (Lipinski definition) is 0. The number of Topliss-reactive ketones (excluding diaryl/α,β-unsaturated/α-hetero) is 1. The molecule has 0 saturated carbocycles. The van der Waals surface area contributed by atoms with E-state index < -0.39 is 5.82 Å². The van der Waals surface area contributed by atoms with Crippen molar-refractivity contribution >= 4 is 16.6 Å². The van der Waals surface area contributed by atoms with Gasteiger partial charge in [-0.25, -0.2) is 4.39 Å². The van der Waals surface area contributed by atoms with Gasteiger partial charge in [0.25, 0.3) is 0 Å². The van der Waals surface area contributed by atoms with E-state index in [9.17, 15) is 9.18 Å². The van der Waals surface area contributed by atoms with Gasteiger partial charge in [0.2, 0.25) is 0 Å². The molecule has 0 bridgehead atoms. The number of rotatable bonds is 3. The predicted octanol–water partition coefficient (Wildman–Crippen LogP) is 4.97. The van der Waals surface area contributed by atoms with Crippen molar-refractivity contribution in [3.05, 3.63) is 72.0 Å². The SMILES string of the molecule is CC(=O)c1cccc(F)c1Oc1ccc2ccccc2c1. The zero-order chi connectivity index (χ0) is 14.8. The van der Waals surface area contributed by atoms with Gasteiger partial charge in [-0.2, -0.15) is 0 Å². The third-order valence-corrected chi connectivity index (χ3v) is 3.29. The molecule has 21 heavy (non-hydrogen) atoms. The second kappa shape index (κ2) is 5.37. The smallest absolute Gasteiger partial charge is 0.173 e. The number of fused-ring (bicyclic) bond motifs is 1. The van der Waals surface area contributed by atoms with Gasteiger partial charge in [-0.1, -0.05) is 36.4 Å². The first-order valence-corrected chi connectivity index (χ1v) is 6.61. The molecule has 0 unspecified atom stereocenters. The number of hydrogen-bond acceptors (Lipinski definition) is 2. The van der Waals surface area contributed by atoms with Crippen molar-refractivity contribution in [1.82, 2.24) is 0 Å². The molecule has 0 amide bonds. The molecule has 2 nitrogen and oxygen atoms in total. The van der Waals surface area contributed by atoms with Crippen LogP contribution in [0.5, 0.6) is 11.5 Å². The van der Waals surface area contributed by atoms with E-state index in [0.717, 1.165) is 10.8 Å². The van der Waals surface area contributed by atoms with E-state index in [0.29, 0.717) is 5.75 Å². The van der Waals surface area contributed by atoms with Crippen molar-refractivity contribution in [2.24, 2.45) is 0 Å². The zero-order valence-corrected chi connectivity index (χ0v) is 11.5. The first-order valence-electron chi connectivity index (χ1n) is 6.61. The van der Waals surface area contributed by atoms with E-state index in [1.54, 1.807) is 12.1 Å². The molecular weight excluding hydrogens is 267 g/mol. The minimum Gasteiger partial charge on any atom is -0.453 e. The third kappa shape index (κ3) is 2.63. The van der Waals surface area contributed by atoms with Gasteiger partial charge in [0.05, 0.1) is 5.56 Å². The molecule has 0 saturated heterocycles. The second-order valence-electron chi connectivity index (χ2n) is 4.78. The van der Waals surface area contributed by atoms with E-state index in [4.69, 9.17) is 4.74 Å². The highest BCUT2D eigenvalue weighted by atomic mass is 19.1. The molecule has 3 heteroatoms. The molecule has 0 aliphatic carbocycles. The average molecular weight is 280 g/mol. The number of carbonyl (C=O) groups is 1. The average Bonchev–Trinajstić information content (AvgIpc) is 2.49. The first-order chi connectivity index (χ1) is 10.1. The summed E-state index contributed by atoms with van der Waals surface area (Å²) in [6.07, 6.45) is 0. The number of benzene rings is 3. The van der Waals surface area contributed by atoms with Crippen molar-refractivity contribution in [1.29, 1.82) is 0 Å². The maximum absolute atomic E-state index is 13.9. The van der Waals surface area contributed by atoms with Crippen LogP contribution in [0.2, 0.25) is 0 Å². The van der Waals surface area contributed by atoms with Gasteiger partial charge >= 0.3 is 0 Å². The van der Waals surface area contributed by atoms with E-state index in [1.165, 1.54) is 19.1 Å². The van der Waals surface area contributed by atoms with Crippen molar-refractivity contribution in [3.63, 3.8) is 0 Å². The summed E-state index contributed by atoms with van der Waals surface area (Å²) < 4.78 is 19.5.